The van der Waals surface area contributed by atoms with Gasteiger partial charge in [-0.3, -0.25) is 0 Å². The fraction of sp³-hybridized carbons (Fsp3) is 0.833. The molecule has 0 aliphatic carbocycles. The Balaban J connectivity index is 3.40. The summed E-state index contributed by atoms with van der Waals surface area (Å²) in [6, 6.07) is 0. The van der Waals surface area contributed by atoms with Crippen LogP contribution in [0.5, 0.6) is 0 Å². The van der Waals surface area contributed by atoms with Crippen molar-refractivity contribution in [3.05, 3.63) is 11.5 Å². The van der Waals surface area contributed by atoms with Gasteiger partial charge in [-0.1, -0.05) is 33.8 Å². The molecule has 0 fully saturated rings. The van der Waals surface area contributed by atoms with Gasteiger partial charge in [0.05, 0.1) is 0 Å². The van der Waals surface area contributed by atoms with Gasteiger partial charge in [0.1, 0.15) is 0 Å². The molecular weight excluding hydrogens is 238 g/mol. The lowest BCUT2D eigenvalue weighted by atomic mass is 9.92. The second-order valence-corrected chi connectivity index (χ2v) is 7.07. The zero-order chi connectivity index (χ0) is 12.4. The molecule has 0 aromatic heterocycles. The van der Waals surface area contributed by atoms with Gasteiger partial charge in [-0.25, -0.2) is 0 Å². The Morgan fingerprint density at radius 3 is 2.62 bits per heavy atom. The molecule has 2 nitrogen and oxygen atoms in total. The second-order valence-electron chi connectivity index (χ2n) is 5.13. The Bertz CT molecular complexity index is 190. The monoisotopic (exact) mass is 263 g/mol. The number of rotatable bonds is 8. The largest absolute Gasteiger partial charge is 0.330 e. The van der Waals surface area contributed by atoms with E-state index in [0.717, 1.165) is 25.1 Å². The quantitative estimate of drug-likeness (QED) is 0.514. The van der Waals surface area contributed by atoms with E-state index in [1.54, 1.807) is 11.8 Å². The molecule has 0 aliphatic rings. The van der Waals surface area contributed by atoms with Crippen LogP contribution >= 0.6 is 23.8 Å². The first-order valence-corrected chi connectivity index (χ1v) is 7.62. The van der Waals surface area contributed by atoms with Gasteiger partial charge in [0.15, 0.2) is 0 Å². The fourth-order valence-electron chi connectivity index (χ4n) is 1.09. The first-order chi connectivity index (χ1) is 7.45. The molecule has 4 heteroatoms. The van der Waals surface area contributed by atoms with E-state index in [1.807, 2.05) is 6.08 Å². The molecule has 96 valence electrons. The van der Waals surface area contributed by atoms with Gasteiger partial charge < -0.3 is 9.87 Å². The van der Waals surface area contributed by atoms with Crippen molar-refractivity contribution in [2.75, 3.05) is 18.8 Å². The van der Waals surface area contributed by atoms with Crippen LogP contribution in [0.2, 0.25) is 0 Å². The Morgan fingerprint density at radius 2 is 2.06 bits per heavy atom. The summed E-state index contributed by atoms with van der Waals surface area (Å²) in [4.78, 5) is 0. The van der Waals surface area contributed by atoms with Gasteiger partial charge in [-0.2, -0.15) is 0 Å². The highest BCUT2D eigenvalue weighted by Crippen LogP contribution is 2.17. The van der Waals surface area contributed by atoms with Crippen LogP contribution < -0.4 is 5.32 Å². The molecule has 1 atom stereocenters. The van der Waals surface area contributed by atoms with Crippen molar-refractivity contribution >= 4 is 23.8 Å². The van der Waals surface area contributed by atoms with Crippen LogP contribution in [0.25, 0.3) is 0 Å². The summed E-state index contributed by atoms with van der Waals surface area (Å²) >= 11 is 2.67. The lowest BCUT2D eigenvalue weighted by Crippen LogP contribution is -2.26. The van der Waals surface area contributed by atoms with E-state index in [-0.39, 0.29) is 0 Å². The Morgan fingerprint density at radius 1 is 1.38 bits per heavy atom. The third kappa shape index (κ3) is 12.4. The van der Waals surface area contributed by atoms with Gasteiger partial charge in [0, 0.05) is 17.5 Å². The van der Waals surface area contributed by atoms with Crippen LogP contribution in [0.1, 0.15) is 34.1 Å². The number of hydrogen-bond donors (Lipinski definition) is 2. The molecule has 16 heavy (non-hydrogen) atoms. The number of nitrogens with one attached hydrogen (secondary N) is 1. The Hall–Kier alpha value is 0.360. The maximum Gasteiger partial charge on any atom is 0.0383 e. The molecule has 2 N–H and O–H groups in total. The minimum absolute atomic E-state index is 0.418. The number of hydrogen-bond acceptors (Lipinski definition) is 4. The predicted octanol–water partition coefficient (Wildman–Crippen LogP) is 3.85. The van der Waals surface area contributed by atoms with Gasteiger partial charge in [0.25, 0.3) is 0 Å². The fourth-order valence-corrected chi connectivity index (χ4v) is 2.08. The van der Waals surface area contributed by atoms with Crippen LogP contribution in [0, 0.1) is 5.41 Å². The SMILES string of the molecule is CC(CNCCC(C)(C)C)S/C=C\CSO. The van der Waals surface area contributed by atoms with E-state index in [2.05, 4.69) is 38.4 Å². The second kappa shape index (κ2) is 9.40. The molecule has 0 saturated carbocycles. The maximum atomic E-state index is 8.52. The third-order valence-electron chi connectivity index (χ3n) is 2.06. The lowest BCUT2D eigenvalue weighted by Gasteiger charge is -2.19. The molecule has 0 spiro atoms. The molecule has 0 amide bonds. The first-order valence-electron chi connectivity index (χ1n) is 5.73. The van der Waals surface area contributed by atoms with Gasteiger partial charge in [-0.15, -0.1) is 11.8 Å². The molecule has 0 aromatic rings. The summed E-state index contributed by atoms with van der Waals surface area (Å²) in [5, 5.41) is 6.13. The normalized spacial score (nSPS) is 14.6. The zero-order valence-electron chi connectivity index (χ0n) is 10.8. The van der Waals surface area contributed by atoms with Gasteiger partial charge in [-0.05, 0) is 35.8 Å². The average Bonchev–Trinajstić information content (AvgIpc) is 2.18. The van der Waals surface area contributed by atoms with Crippen LogP contribution in [-0.4, -0.2) is 28.6 Å². The minimum Gasteiger partial charge on any atom is -0.330 e. The average molecular weight is 263 g/mol. The highest BCUT2D eigenvalue weighted by Gasteiger charge is 2.09. The lowest BCUT2D eigenvalue weighted by molar-refractivity contribution is 0.368. The van der Waals surface area contributed by atoms with Crippen LogP contribution in [-0.2, 0) is 0 Å². The van der Waals surface area contributed by atoms with Crippen molar-refractivity contribution in [2.45, 2.75) is 39.4 Å². The minimum atomic E-state index is 0.418. The van der Waals surface area contributed by atoms with Crippen molar-refractivity contribution < 1.29 is 4.55 Å². The summed E-state index contributed by atoms with van der Waals surface area (Å²) < 4.78 is 8.52. The molecular formula is C12H25NOS2. The summed E-state index contributed by atoms with van der Waals surface area (Å²) in [6.45, 7) is 11.1. The molecule has 0 saturated heterocycles. The molecule has 1 unspecified atom stereocenters. The Kier molecular flexibility index (Phi) is 9.61. The predicted molar refractivity (Wildman–Crippen MR) is 78.2 cm³/mol. The summed E-state index contributed by atoms with van der Waals surface area (Å²) in [5.74, 6) is 0.678. The van der Waals surface area contributed by atoms with Crippen molar-refractivity contribution in [3.8, 4) is 0 Å². The smallest absolute Gasteiger partial charge is 0.0383 e. The molecule has 0 bridgehead atoms. The third-order valence-corrected chi connectivity index (χ3v) is 3.38. The number of thioether (sulfide) groups is 1. The summed E-state index contributed by atoms with van der Waals surface area (Å²) in [7, 11) is 0. The van der Waals surface area contributed by atoms with E-state index in [9.17, 15) is 0 Å². The van der Waals surface area contributed by atoms with E-state index < -0.39 is 0 Å². The van der Waals surface area contributed by atoms with Crippen molar-refractivity contribution in [3.63, 3.8) is 0 Å². The maximum absolute atomic E-state index is 8.52. The van der Waals surface area contributed by atoms with Crippen molar-refractivity contribution in [1.82, 2.24) is 5.32 Å². The van der Waals surface area contributed by atoms with Gasteiger partial charge in [0.2, 0.25) is 0 Å². The molecule has 0 heterocycles. The van der Waals surface area contributed by atoms with Crippen molar-refractivity contribution in [1.29, 1.82) is 0 Å². The Labute approximate surface area is 109 Å². The van der Waals surface area contributed by atoms with Gasteiger partial charge >= 0.3 is 0 Å². The highest BCUT2D eigenvalue weighted by molar-refractivity contribution is 8.02. The van der Waals surface area contributed by atoms with Crippen LogP contribution in [0.4, 0.5) is 0 Å². The standard InChI is InChI=1S/C12H25NOS2/c1-11(15-8-5-9-16-14)10-13-7-6-12(2,3)4/h5,8,11,13-14H,6-7,9-10H2,1-4H3/b8-5-. The van der Waals surface area contributed by atoms with Crippen LogP contribution in [0.15, 0.2) is 11.5 Å². The summed E-state index contributed by atoms with van der Waals surface area (Å²) in [6.07, 6.45) is 3.20. The summed E-state index contributed by atoms with van der Waals surface area (Å²) in [5.41, 5.74) is 0.418. The molecule has 0 aliphatic heterocycles. The van der Waals surface area contributed by atoms with E-state index >= 15 is 0 Å². The van der Waals surface area contributed by atoms with Crippen LogP contribution in [0.3, 0.4) is 0 Å². The highest BCUT2D eigenvalue weighted by atomic mass is 32.2. The molecule has 0 radical (unpaired) electrons. The van der Waals surface area contributed by atoms with Crippen molar-refractivity contribution in [2.24, 2.45) is 5.41 Å². The van der Waals surface area contributed by atoms with E-state index in [0.29, 0.717) is 16.4 Å². The first kappa shape index (κ1) is 16.4. The molecule has 0 aromatic carbocycles. The topological polar surface area (TPSA) is 32.3 Å². The van der Waals surface area contributed by atoms with E-state index in [1.165, 1.54) is 6.42 Å². The molecule has 0 rings (SSSR count). The zero-order valence-corrected chi connectivity index (χ0v) is 12.5. The van der Waals surface area contributed by atoms with E-state index in [4.69, 9.17) is 4.55 Å².